The standard InChI is InChI=1S/C17H17F2NO2/c1-11(10-15(21)12-6-3-2-4-7-12)20-17(22)13-8-5-9-14(18)16(13)19/h2-9,11,15,21H,10H2,1H3,(H,20,22). The number of amides is 1. The Balaban J connectivity index is 1.98. The summed E-state index contributed by atoms with van der Waals surface area (Å²) in [7, 11) is 0. The maximum absolute atomic E-state index is 13.5. The van der Waals surface area contributed by atoms with Crippen LogP contribution in [0.2, 0.25) is 0 Å². The number of carbonyl (C=O) groups excluding carboxylic acids is 1. The topological polar surface area (TPSA) is 49.3 Å². The van der Waals surface area contributed by atoms with Gasteiger partial charge in [-0.2, -0.15) is 0 Å². The monoisotopic (exact) mass is 305 g/mol. The van der Waals surface area contributed by atoms with Gasteiger partial charge in [0.05, 0.1) is 11.7 Å². The number of rotatable bonds is 5. The van der Waals surface area contributed by atoms with Crippen LogP contribution >= 0.6 is 0 Å². The summed E-state index contributed by atoms with van der Waals surface area (Å²) in [6.45, 7) is 1.70. The maximum atomic E-state index is 13.5. The van der Waals surface area contributed by atoms with Crippen LogP contribution in [0.15, 0.2) is 48.5 Å². The molecular formula is C17H17F2NO2. The van der Waals surface area contributed by atoms with Crippen LogP contribution in [0.3, 0.4) is 0 Å². The van der Waals surface area contributed by atoms with Crippen molar-refractivity contribution in [3.8, 4) is 0 Å². The predicted molar refractivity (Wildman–Crippen MR) is 79.3 cm³/mol. The SMILES string of the molecule is CC(CC(O)c1ccccc1)NC(=O)c1cccc(F)c1F. The van der Waals surface area contributed by atoms with E-state index in [0.29, 0.717) is 0 Å². The molecule has 5 heteroatoms. The van der Waals surface area contributed by atoms with Gasteiger partial charge in [0.25, 0.3) is 5.91 Å². The third kappa shape index (κ3) is 3.89. The number of aliphatic hydroxyl groups is 1. The van der Waals surface area contributed by atoms with Gasteiger partial charge >= 0.3 is 0 Å². The van der Waals surface area contributed by atoms with Crippen LogP contribution in [0.25, 0.3) is 0 Å². The highest BCUT2D eigenvalue weighted by Crippen LogP contribution is 2.18. The van der Waals surface area contributed by atoms with Crippen LogP contribution in [-0.2, 0) is 0 Å². The molecule has 2 aromatic carbocycles. The molecular weight excluding hydrogens is 288 g/mol. The van der Waals surface area contributed by atoms with E-state index >= 15 is 0 Å². The van der Waals surface area contributed by atoms with Crippen molar-refractivity contribution >= 4 is 5.91 Å². The van der Waals surface area contributed by atoms with E-state index in [1.807, 2.05) is 18.2 Å². The molecule has 0 aromatic heterocycles. The van der Waals surface area contributed by atoms with Crippen LogP contribution in [0.4, 0.5) is 8.78 Å². The van der Waals surface area contributed by atoms with Gasteiger partial charge in [-0.05, 0) is 31.0 Å². The van der Waals surface area contributed by atoms with Crippen molar-refractivity contribution in [3.63, 3.8) is 0 Å². The number of aliphatic hydroxyl groups excluding tert-OH is 1. The van der Waals surface area contributed by atoms with Gasteiger partial charge in [0, 0.05) is 6.04 Å². The number of benzene rings is 2. The summed E-state index contributed by atoms with van der Waals surface area (Å²) in [6.07, 6.45) is -0.471. The average molecular weight is 305 g/mol. The summed E-state index contributed by atoms with van der Waals surface area (Å²) in [5.41, 5.74) is 0.390. The molecule has 2 rings (SSSR count). The normalized spacial score (nSPS) is 13.5. The first kappa shape index (κ1) is 16.1. The van der Waals surface area contributed by atoms with Crippen molar-refractivity contribution in [1.29, 1.82) is 0 Å². The molecule has 2 atom stereocenters. The van der Waals surface area contributed by atoms with E-state index in [1.54, 1.807) is 19.1 Å². The van der Waals surface area contributed by atoms with Gasteiger partial charge in [-0.25, -0.2) is 8.78 Å². The van der Waals surface area contributed by atoms with E-state index in [-0.39, 0.29) is 12.0 Å². The molecule has 3 nitrogen and oxygen atoms in total. The summed E-state index contributed by atoms with van der Waals surface area (Å²) in [6, 6.07) is 12.1. The Labute approximate surface area is 127 Å². The Morgan fingerprint density at radius 2 is 1.82 bits per heavy atom. The second-order valence-electron chi connectivity index (χ2n) is 5.14. The lowest BCUT2D eigenvalue weighted by Gasteiger charge is -2.18. The number of carbonyl (C=O) groups is 1. The van der Waals surface area contributed by atoms with Gasteiger partial charge in [0.1, 0.15) is 0 Å². The number of hydrogen-bond donors (Lipinski definition) is 2. The quantitative estimate of drug-likeness (QED) is 0.891. The van der Waals surface area contributed by atoms with Crippen LogP contribution < -0.4 is 5.32 Å². The molecule has 0 aliphatic rings. The summed E-state index contributed by atoms with van der Waals surface area (Å²) < 4.78 is 26.7. The second kappa shape index (κ2) is 7.13. The lowest BCUT2D eigenvalue weighted by Crippen LogP contribution is -2.34. The van der Waals surface area contributed by atoms with Crippen LogP contribution in [0.1, 0.15) is 35.4 Å². The molecule has 0 saturated carbocycles. The van der Waals surface area contributed by atoms with Crippen molar-refractivity contribution in [2.75, 3.05) is 0 Å². The Kier molecular flexibility index (Phi) is 5.22. The molecule has 0 spiro atoms. The summed E-state index contributed by atoms with van der Waals surface area (Å²) in [5, 5.41) is 12.6. The second-order valence-corrected chi connectivity index (χ2v) is 5.14. The van der Waals surface area contributed by atoms with Crippen LogP contribution in [0.5, 0.6) is 0 Å². The molecule has 0 aliphatic carbocycles. The molecule has 2 N–H and O–H groups in total. The maximum Gasteiger partial charge on any atom is 0.254 e. The minimum absolute atomic E-state index is 0.271. The predicted octanol–water partition coefficient (Wildman–Crippen LogP) is 3.21. The first-order valence-electron chi connectivity index (χ1n) is 6.97. The molecule has 0 heterocycles. The van der Waals surface area contributed by atoms with Crippen molar-refractivity contribution < 1.29 is 18.7 Å². The Bertz CT molecular complexity index is 646. The largest absolute Gasteiger partial charge is 0.388 e. The molecule has 116 valence electrons. The Morgan fingerprint density at radius 3 is 2.50 bits per heavy atom. The minimum Gasteiger partial charge on any atom is -0.388 e. The number of halogens is 2. The summed E-state index contributed by atoms with van der Waals surface area (Å²) >= 11 is 0. The van der Waals surface area contributed by atoms with E-state index in [4.69, 9.17) is 0 Å². The van der Waals surface area contributed by atoms with Crippen molar-refractivity contribution in [3.05, 3.63) is 71.3 Å². The molecule has 0 aliphatic heterocycles. The highest BCUT2D eigenvalue weighted by atomic mass is 19.2. The van der Waals surface area contributed by atoms with Gasteiger partial charge in [0.2, 0.25) is 0 Å². The van der Waals surface area contributed by atoms with E-state index in [1.165, 1.54) is 12.1 Å². The van der Waals surface area contributed by atoms with Crippen LogP contribution in [0, 0.1) is 11.6 Å². The van der Waals surface area contributed by atoms with Gasteiger partial charge in [0.15, 0.2) is 11.6 Å². The smallest absolute Gasteiger partial charge is 0.254 e. The van der Waals surface area contributed by atoms with Gasteiger partial charge in [-0.3, -0.25) is 4.79 Å². The zero-order valence-corrected chi connectivity index (χ0v) is 12.1. The Hall–Kier alpha value is -2.27. The summed E-state index contributed by atoms with van der Waals surface area (Å²) in [4.78, 5) is 11.9. The van der Waals surface area contributed by atoms with Crippen molar-refractivity contribution in [2.45, 2.75) is 25.5 Å². The lowest BCUT2D eigenvalue weighted by atomic mass is 10.0. The fourth-order valence-electron chi connectivity index (χ4n) is 2.19. The first-order chi connectivity index (χ1) is 10.5. The number of hydrogen-bond acceptors (Lipinski definition) is 2. The number of nitrogens with one attached hydrogen (secondary N) is 1. The Morgan fingerprint density at radius 1 is 1.14 bits per heavy atom. The molecule has 2 aromatic rings. The highest BCUT2D eigenvalue weighted by molar-refractivity contribution is 5.94. The van der Waals surface area contributed by atoms with E-state index in [9.17, 15) is 18.7 Å². The fourth-order valence-corrected chi connectivity index (χ4v) is 2.19. The van der Waals surface area contributed by atoms with Crippen molar-refractivity contribution in [2.24, 2.45) is 0 Å². The molecule has 0 radical (unpaired) electrons. The molecule has 2 unspecified atom stereocenters. The summed E-state index contributed by atoms with van der Waals surface area (Å²) in [5.74, 6) is -2.94. The molecule has 0 bridgehead atoms. The zero-order chi connectivity index (χ0) is 16.1. The van der Waals surface area contributed by atoms with E-state index in [0.717, 1.165) is 11.6 Å². The van der Waals surface area contributed by atoms with E-state index in [2.05, 4.69) is 5.32 Å². The zero-order valence-electron chi connectivity index (χ0n) is 12.1. The third-order valence-electron chi connectivity index (χ3n) is 3.33. The third-order valence-corrected chi connectivity index (χ3v) is 3.33. The molecule has 1 amide bonds. The van der Waals surface area contributed by atoms with Crippen molar-refractivity contribution in [1.82, 2.24) is 5.32 Å². The molecule has 0 fully saturated rings. The van der Waals surface area contributed by atoms with Crippen LogP contribution in [-0.4, -0.2) is 17.1 Å². The average Bonchev–Trinajstić information content (AvgIpc) is 2.50. The fraction of sp³-hybridized carbons (Fsp3) is 0.235. The molecule has 0 saturated heterocycles. The lowest BCUT2D eigenvalue weighted by molar-refractivity contribution is 0.0912. The van der Waals surface area contributed by atoms with Gasteiger partial charge < -0.3 is 10.4 Å². The van der Waals surface area contributed by atoms with E-state index < -0.39 is 29.7 Å². The first-order valence-corrected chi connectivity index (χ1v) is 6.97. The van der Waals surface area contributed by atoms with Gasteiger partial charge in [-0.1, -0.05) is 36.4 Å². The minimum atomic E-state index is -1.17. The van der Waals surface area contributed by atoms with Gasteiger partial charge in [-0.15, -0.1) is 0 Å². The highest BCUT2D eigenvalue weighted by Gasteiger charge is 2.18. The molecule has 22 heavy (non-hydrogen) atoms.